The molecule has 0 amide bonds. The maximum absolute atomic E-state index is 13.3. The molecule has 0 aliphatic rings. The maximum Gasteiger partial charge on any atom is 0.123 e. The number of hydrogen-bond donors (Lipinski definition) is 1. The van der Waals surface area contributed by atoms with Crippen LogP contribution in [0.2, 0.25) is 0 Å². The lowest BCUT2D eigenvalue weighted by Crippen LogP contribution is -2.37. The Balaban J connectivity index is 2.24. The fourth-order valence-electron chi connectivity index (χ4n) is 2.66. The van der Waals surface area contributed by atoms with Crippen molar-refractivity contribution in [2.75, 3.05) is 7.05 Å². The van der Waals surface area contributed by atoms with Gasteiger partial charge >= 0.3 is 0 Å². The first-order valence-corrected chi connectivity index (χ1v) is 7.73. The molecule has 2 atom stereocenters. The highest BCUT2D eigenvalue weighted by Gasteiger charge is 2.23. The minimum absolute atomic E-state index is 0.0396. The van der Waals surface area contributed by atoms with Crippen molar-refractivity contribution in [3.8, 4) is 0 Å². The van der Waals surface area contributed by atoms with Gasteiger partial charge < -0.3 is 5.73 Å². The first kappa shape index (κ1) is 16.1. The van der Waals surface area contributed by atoms with Gasteiger partial charge in [-0.1, -0.05) is 46.3 Å². The smallest absolute Gasteiger partial charge is 0.123 e. The molecule has 0 fully saturated rings. The summed E-state index contributed by atoms with van der Waals surface area (Å²) >= 11 is 3.59. The van der Waals surface area contributed by atoms with E-state index in [1.54, 1.807) is 12.1 Å². The number of hydrogen-bond acceptors (Lipinski definition) is 2. The highest BCUT2D eigenvalue weighted by atomic mass is 79.9. The topological polar surface area (TPSA) is 29.3 Å². The molecule has 2 unspecified atom stereocenters. The van der Waals surface area contributed by atoms with Gasteiger partial charge in [0.15, 0.2) is 0 Å². The SMILES string of the molecule is CC(N)C(c1ccccc1Br)N(C)Cc1cccc(F)c1. The van der Waals surface area contributed by atoms with Gasteiger partial charge in [-0.2, -0.15) is 0 Å². The Bertz CT molecular complexity index is 601. The second kappa shape index (κ2) is 7.16. The van der Waals surface area contributed by atoms with Crippen LogP contribution in [0.3, 0.4) is 0 Å². The van der Waals surface area contributed by atoms with Crippen molar-refractivity contribution in [1.82, 2.24) is 4.90 Å². The van der Waals surface area contributed by atoms with E-state index in [2.05, 4.69) is 26.9 Å². The largest absolute Gasteiger partial charge is 0.326 e. The van der Waals surface area contributed by atoms with Crippen molar-refractivity contribution in [1.29, 1.82) is 0 Å². The van der Waals surface area contributed by atoms with Crippen molar-refractivity contribution < 1.29 is 4.39 Å². The van der Waals surface area contributed by atoms with Gasteiger partial charge in [-0.05, 0) is 43.3 Å². The molecule has 2 aromatic rings. The van der Waals surface area contributed by atoms with Crippen LogP contribution in [0.1, 0.15) is 24.1 Å². The molecule has 0 aliphatic carbocycles. The number of nitrogens with zero attached hydrogens (tertiary/aromatic N) is 1. The van der Waals surface area contributed by atoms with Crippen LogP contribution in [-0.4, -0.2) is 18.0 Å². The zero-order valence-corrected chi connectivity index (χ0v) is 13.8. The van der Waals surface area contributed by atoms with E-state index in [9.17, 15) is 4.39 Å². The second-order valence-electron chi connectivity index (χ2n) is 5.37. The molecule has 112 valence electrons. The number of nitrogens with two attached hydrogens (primary N) is 1. The minimum atomic E-state index is -0.209. The van der Waals surface area contributed by atoms with E-state index < -0.39 is 0 Å². The first-order chi connectivity index (χ1) is 9.99. The van der Waals surface area contributed by atoms with Crippen molar-refractivity contribution in [2.45, 2.75) is 25.6 Å². The fraction of sp³-hybridized carbons (Fsp3) is 0.294. The fourth-order valence-corrected chi connectivity index (χ4v) is 3.18. The Labute approximate surface area is 133 Å². The van der Waals surface area contributed by atoms with Crippen LogP contribution < -0.4 is 5.73 Å². The molecule has 0 radical (unpaired) electrons. The predicted molar refractivity (Wildman–Crippen MR) is 88.4 cm³/mol. The summed E-state index contributed by atoms with van der Waals surface area (Å²) in [7, 11) is 2.01. The molecule has 0 saturated heterocycles. The van der Waals surface area contributed by atoms with Gasteiger partial charge in [0.25, 0.3) is 0 Å². The number of benzene rings is 2. The first-order valence-electron chi connectivity index (χ1n) is 6.93. The van der Waals surface area contributed by atoms with Gasteiger partial charge in [-0.15, -0.1) is 0 Å². The van der Waals surface area contributed by atoms with Crippen LogP contribution in [0.15, 0.2) is 53.0 Å². The molecule has 0 spiro atoms. The van der Waals surface area contributed by atoms with Crippen LogP contribution in [0.5, 0.6) is 0 Å². The average Bonchev–Trinajstić information content (AvgIpc) is 2.41. The molecular weight excluding hydrogens is 331 g/mol. The number of likely N-dealkylation sites (N-methyl/N-ethyl adjacent to an activating group) is 1. The summed E-state index contributed by atoms with van der Waals surface area (Å²) in [6.45, 7) is 2.64. The Morgan fingerprint density at radius 3 is 2.52 bits per heavy atom. The predicted octanol–water partition coefficient (Wildman–Crippen LogP) is 4.11. The van der Waals surface area contributed by atoms with E-state index in [1.165, 1.54) is 6.07 Å². The summed E-state index contributed by atoms with van der Waals surface area (Å²) in [5.41, 5.74) is 8.27. The van der Waals surface area contributed by atoms with Crippen LogP contribution >= 0.6 is 15.9 Å². The Morgan fingerprint density at radius 1 is 1.19 bits per heavy atom. The van der Waals surface area contributed by atoms with Crippen molar-refractivity contribution >= 4 is 15.9 Å². The standard InChI is InChI=1S/C17H20BrFN2/c1-12(20)17(15-8-3-4-9-16(15)18)21(2)11-13-6-5-7-14(19)10-13/h3-10,12,17H,11,20H2,1-2H3. The maximum atomic E-state index is 13.3. The third kappa shape index (κ3) is 4.13. The zero-order valence-electron chi connectivity index (χ0n) is 12.3. The van der Waals surface area contributed by atoms with Crippen molar-refractivity contribution in [3.63, 3.8) is 0 Å². The highest BCUT2D eigenvalue weighted by molar-refractivity contribution is 9.10. The van der Waals surface area contributed by atoms with E-state index >= 15 is 0 Å². The van der Waals surface area contributed by atoms with Crippen LogP contribution in [-0.2, 0) is 6.54 Å². The quantitative estimate of drug-likeness (QED) is 0.879. The molecular formula is C17H20BrFN2. The van der Waals surface area contributed by atoms with Gasteiger partial charge in [0, 0.05) is 17.1 Å². The van der Waals surface area contributed by atoms with Gasteiger partial charge in [0.2, 0.25) is 0 Å². The summed E-state index contributed by atoms with van der Waals surface area (Å²) in [6, 6.07) is 14.8. The third-order valence-electron chi connectivity index (χ3n) is 3.52. The molecule has 0 heterocycles. The average molecular weight is 351 g/mol. The van der Waals surface area contributed by atoms with Crippen LogP contribution in [0, 0.1) is 5.82 Å². The minimum Gasteiger partial charge on any atom is -0.326 e. The van der Waals surface area contributed by atoms with E-state index in [0.717, 1.165) is 15.6 Å². The normalized spacial score (nSPS) is 14.2. The molecule has 2 N–H and O–H groups in total. The zero-order chi connectivity index (χ0) is 15.4. The molecule has 2 nitrogen and oxygen atoms in total. The third-order valence-corrected chi connectivity index (χ3v) is 4.24. The lowest BCUT2D eigenvalue weighted by Gasteiger charge is -2.32. The van der Waals surface area contributed by atoms with Crippen LogP contribution in [0.25, 0.3) is 0 Å². The Kier molecular flexibility index (Phi) is 5.51. The lowest BCUT2D eigenvalue weighted by molar-refractivity contribution is 0.210. The number of halogens is 2. The summed E-state index contributed by atoms with van der Waals surface area (Å²) in [5.74, 6) is -0.209. The summed E-state index contributed by atoms with van der Waals surface area (Å²) < 4.78 is 14.4. The summed E-state index contributed by atoms with van der Waals surface area (Å²) in [5, 5.41) is 0. The molecule has 0 bridgehead atoms. The highest BCUT2D eigenvalue weighted by Crippen LogP contribution is 2.30. The van der Waals surface area contributed by atoms with Gasteiger partial charge in [-0.25, -0.2) is 4.39 Å². The van der Waals surface area contributed by atoms with E-state index in [0.29, 0.717) is 6.54 Å². The van der Waals surface area contributed by atoms with Crippen molar-refractivity contribution in [2.24, 2.45) is 5.73 Å². The molecule has 0 aromatic heterocycles. The molecule has 0 aliphatic heterocycles. The Morgan fingerprint density at radius 2 is 1.90 bits per heavy atom. The molecule has 2 aromatic carbocycles. The van der Waals surface area contributed by atoms with E-state index in [1.807, 2.05) is 38.2 Å². The molecule has 21 heavy (non-hydrogen) atoms. The van der Waals surface area contributed by atoms with Gasteiger partial charge in [0.05, 0.1) is 6.04 Å². The summed E-state index contributed by atoms with van der Waals surface area (Å²) in [4.78, 5) is 2.15. The molecule has 2 rings (SSSR count). The summed E-state index contributed by atoms with van der Waals surface area (Å²) in [6.07, 6.45) is 0. The second-order valence-corrected chi connectivity index (χ2v) is 6.22. The van der Waals surface area contributed by atoms with Crippen molar-refractivity contribution in [3.05, 3.63) is 69.9 Å². The monoisotopic (exact) mass is 350 g/mol. The van der Waals surface area contributed by atoms with E-state index in [4.69, 9.17) is 5.73 Å². The molecule has 0 saturated carbocycles. The lowest BCUT2D eigenvalue weighted by atomic mass is 9.99. The number of rotatable bonds is 5. The van der Waals surface area contributed by atoms with E-state index in [-0.39, 0.29) is 17.9 Å². The molecule has 4 heteroatoms. The van der Waals surface area contributed by atoms with Gasteiger partial charge in [-0.3, -0.25) is 4.90 Å². The van der Waals surface area contributed by atoms with Gasteiger partial charge in [0.1, 0.15) is 5.82 Å². The Hall–Kier alpha value is -1.23. The van der Waals surface area contributed by atoms with Crippen LogP contribution in [0.4, 0.5) is 4.39 Å².